The van der Waals surface area contributed by atoms with Crippen molar-refractivity contribution in [2.75, 3.05) is 11.9 Å². The number of amides is 2. The topological polar surface area (TPSA) is 74.0 Å². The van der Waals surface area contributed by atoms with E-state index < -0.39 is 0 Å². The van der Waals surface area contributed by atoms with Gasteiger partial charge in [0.05, 0.1) is 17.7 Å². The minimum Gasteiger partial charge on any atom is -0.361 e. The van der Waals surface area contributed by atoms with Gasteiger partial charge in [-0.05, 0) is 30.2 Å². The molecule has 2 amide bonds. The summed E-state index contributed by atoms with van der Waals surface area (Å²) in [7, 11) is 0. The van der Waals surface area contributed by atoms with Crippen molar-refractivity contribution < 1.29 is 9.59 Å². The van der Waals surface area contributed by atoms with Crippen molar-refractivity contribution in [3.63, 3.8) is 0 Å². The van der Waals surface area contributed by atoms with Crippen LogP contribution in [0.15, 0.2) is 54.7 Å². The number of H-pyrrole nitrogens is 1. The maximum atomic E-state index is 12.5. The van der Waals surface area contributed by atoms with Crippen molar-refractivity contribution >= 4 is 28.4 Å². The van der Waals surface area contributed by atoms with E-state index in [-0.39, 0.29) is 18.2 Å². The molecule has 2 aromatic carbocycles. The van der Waals surface area contributed by atoms with Crippen LogP contribution in [0.25, 0.3) is 10.9 Å². The first kappa shape index (κ1) is 16.8. The molecule has 1 heterocycles. The van der Waals surface area contributed by atoms with Crippen molar-refractivity contribution in [3.8, 4) is 0 Å². The molecule has 25 heavy (non-hydrogen) atoms. The SMILES string of the molecule is CCCNC(=O)c1ccccc1NC(=O)Cc1c[nH]c2ccccc12. The van der Waals surface area contributed by atoms with E-state index in [0.717, 1.165) is 22.9 Å². The van der Waals surface area contributed by atoms with Gasteiger partial charge in [0.25, 0.3) is 5.91 Å². The molecule has 0 aliphatic carbocycles. The summed E-state index contributed by atoms with van der Waals surface area (Å²) in [6.45, 7) is 2.60. The molecule has 0 aliphatic rings. The van der Waals surface area contributed by atoms with Crippen LogP contribution >= 0.6 is 0 Å². The Bertz CT molecular complexity index is 899. The summed E-state index contributed by atoms with van der Waals surface area (Å²) in [5.74, 6) is -0.328. The van der Waals surface area contributed by atoms with Crippen LogP contribution in [0, 0.1) is 0 Å². The fourth-order valence-corrected chi connectivity index (χ4v) is 2.77. The third-order valence-corrected chi connectivity index (χ3v) is 4.01. The van der Waals surface area contributed by atoms with Gasteiger partial charge in [-0.1, -0.05) is 37.3 Å². The zero-order chi connectivity index (χ0) is 17.6. The number of hydrogen-bond donors (Lipinski definition) is 3. The summed E-state index contributed by atoms with van der Waals surface area (Å²) >= 11 is 0. The van der Waals surface area contributed by atoms with Crippen LogP contribution in [0.2, 0.25) is 0 Å². The Labute approximate surface area is 146 Å². The van der Waals surface area contributed by atoms with Crippen LogP contribution < -0.4 is 10.6 Å². The molecule has 0 fully saturated rings. The average Bonchev–Trinajstić information content (AvgIpc) is 3.03. The van der Waals surface area contributed by atoms with E-state index in [1.807, 2.05) is 37.4 Å². The molecule has 1 aromatic heterocycles. The van der Waals surface area contributed by atoms with Crippen LogP contribution in [0.5, 0.6) is 0 Å². The third kappa shape index (κ3) is 3.88. The second-order valence-corrected chi connectivity index (χ2v) is 5.89. The highest BCUT2D eigenvalue weighted by molar-refractivity contribution is 6.04. The number of benzene rings is 2. The van der Waals surface area contributed by atoms with E-state index in [0.29, 0.717) is 17.8 Å². The molecule has 3 rings (SSSR count). The lowest BCUT2D eigenvalue weighted by molar-refractivity contribution is -0.115. The van der Waals surface area contributed by atoms with E-state index in [1.54, 1.807) is 24.3 Å². The van der Waals surface area contributed by atoms with E-state index in [9.17, 15) is 9.59 Å². The Morgan fingerprint density at radius 3 is 2.64 bits per heavy atom. The van der Waals surface area contributed by atoms with Gasteiger partial charge in [0.1, 0.15) is 0 Å². The molecule has 0 saturated carbocycles. The standard InChI is InChI=1S/C20H21N3O2/c1-2-11-21-20(25)16-8-4-6-10-18(16)23-19(24)12-14-13-22-17-9-5-3-7-15(14)17/h3-10,13,22H,2,11-12H2,1H3,(H,21,25)(H,23,24). The smallest absolute Gasteiger partial charge is 0.253 e. The van der Waals surface area contributed by atoms with Gasteiger partial charge in [-0.25, -0.2) is 0 Å². The van der Waals surface area contributed by atoms with Crippen LogP contribution in [0.3, 0.4) is 0 Å². The molecule has 128 valence electrons. The Balaban J connectivity index is 1.74. The zero-order valence-corrected chi connectivity index (χ0v) is 14.1. The van der Waals surface area contributed by atoms with Gasteiger partial charge in [-0.2, -0.15) is 0 Å². The van der Waals surface area contributed by atoms with Gasteiger partial charge in [-0.15, -0.1) is 0 Å². The number of carbonyl (C=O) groups excluding carboxylic acids is 2. The van der Waals surface area contributed by atoms with Crippen LogP contribution in [0.4, 0.5) is 5.69 Å². The normalized spacial score (nSPS) is 10.6. The molecular formula is C20H21N3O2. The highest BCUT2D eigenvalue weighted by Crippen LogP contribution is 2.20. The fourth-order valence-electron chi connectivity index (χ4n) is 2.77. The fraction of sp³-hybridized carbons (Fsp3) is 0.200. The molecule has 0 unspecified atom stereocenters. The van der Waals surface area contributed by atoms with Crippen molar-refractivity contribution in [3.05, 3.63) is 65.9 Å². The van der Waals surface area contributed by atoms with Crippen LogP contribution in [-0.4, -0.2) is 23.3 Å². The first-order valence-electron chi connectivity index (χ1n) is 8.41. The highest BCUT2D eigenvalue weighted by atomic mass is 16.2. The second kappa shape index (κ2) is 7.66. The largest absolute Gasteiger partial charge is 0.361 e. The number of carbonyl (C=O) groups is 2. The second-order valence-electron chi connectivity index (χ2n) is 5.89. The van der Waals surface area contributed by atoms with E-state index >= 15 is 0 Å². The van der Waals surface area contributed by atoms with Gasteiger partial charge in [-0.3, -0.25) is 9.59 Å². The van der Waals surface area contributed by atoms with Crippen molar-refractivity contribution in [1.82, 2.24) is 10.3 Å². The number of nitrogens with one attached hydrogen (secondary N) is 3. The van der Waals surface area contributed by atoms with Crippen molar-refractivity contribution in [2.24, 2.45) is 0 Å². The molecule has 0 atom stereocenters. The van der Waals surface area contributed by atoms with Gasteiger partial charge < -0.3 is 15.6 Å². The molecule has 0 aliphatic heterocycles. The van der Waals surface area contributed by atoms with E-state index in [4.69, 9.17) is 0 Å². The predicted molar refractivity (Wildman–Crippen MR) is 99.7 cm³/mol. The van der Waals surface area contributed by atoms with Crippen LogP contribution in [0.1, 0.15) is 29.3 Å². The first-order valence-corrected chi connectivity index (χ1v) is 8.41. The molecular weight excluding hydrogens is 314 g/mol. The van der Waals surface area contributed by atoms with Gasteiger partial charge in [0, 0.05) is 23.6 Å². The number of para-hydroxylation sites is 2. The molecule has 0 bridgehead atoms. The average molecular weight is 335 g/mol. The Morgan fingerprint density at radius 2 is 1.80 bits per heavy atom. The number of aromatic nitrogens is 1. The first-order chi connectivity index (χ1) is 12.2. The molecule has 3 aromatic rings. The number of fused-ring (bicyclic) bond motifs is 1. The molecule has 3 N–H and O–H groups in total. The summed E-state index contributed by atoms with van der Waals surface area (Å²) in [5.41, 5.74) is 2.94. The summed E-state index contributed by atoms with van der Waals surface area (Å²) in [5, 5.41) is 6.73. The summed E-state index contributed by atoms with van der Waals surface area (Å²) < 4.78 is 0. The monoisotopic (exact) mass is 335 g/mol. The Morgan fingerprint density at radius 1 is 1.04 bits per heavy atom. The minimum atomic E-state index is -0.176. The number of rotatable bonds is 6. The van der Waals surface area contributed by atoms with Crippen molar-refractivity contribution in [2.45, 2.75) is 19.8 Å². The Hall–Kier alpha value is -3.08. The third-order valence-electron chi connectivity index (χ3n) is 4.01. The number of hydrogen-bond acceptors (Lipinski definition) is 2. The quantitative estimate of drug-likeness (QED) is 0.645. The van der Waals surface area contributed by atoms with Crippen molar-refractivity contribution in [1.29, 1.82) is 0 Å². The van der Waals surface area contributed by atoms with Gasteiger partial charge in [0.15, 0.2) is 0 Å². The minimum absolute atomic E-state index is 0.152. The molecule has 0 spiro atoms. The molecule has 0 radical (unpaired) electrons. The number of aromatic amines is 1. The maximum absolute atomic E-state index is 12.5. The molecule has 5 heteroatoms. The van der Waals surface area contributed by atoms with Crippen LogP contribution in [-0.2, 0) is 11.2 Å². The number of anilines is 1. The Kier molecular flexibility index (Phi) is 5.14. The summed E-state index contributed by atoms with van der Waals surface area (Å²) in [6.07, 6.45) is 2.96. The lowest BCUT2D eigenvalue weighted by Gasteiger charge is -2.11. The lowest BCUT2D eigenvalue weighted by atomic mass is 10.1. The summed E-state index contributed by atoms with van der Waals surface area (Å²) in [6, 6.07) is 14.9. The van der Waals surface area contributed by atoms with E-state index in [2.05, 4.69) is 15.6 Å². The predicted octanol–water partition coefficient (Wildman–Crippen LogP) is 3.49. The highest BCUT2D eigenvalue weighted by Gasteiger charge is 2.14. The lowest BCUT2D eigenvalue weighted by Crippen LogP contribution is -2.26. The summed E-state index contributed by atoms with van der Waals surface area (Å²) in [4.78, 5) is 27.9. The molecule has 0 saturated heterocycles. The van der Waals surface area contributed by atoms with E-state index in [1.165, 1.54) is 0 Å². The zero-order valence-electron chi connectivity index (χ0n) is 14.1. The molecule has 5 nitrogen and oxygen atoms in total. The maximum Gasteiger partial charge on any atom is 0.253 e. The van der Waals surface area contributed by atoms with Gasteiger partial charge >= 0.3 is 0 Å². The van der Waals surface area contributed by atoms with Gasteiger partial charge in [0.2, 0.25) is 5.91 Å².